The number of carbonyl (C=O) groups is 2. The van der Waals surface area contributed by atoms with Gasteiger partial charge in [-0.3, -0.25) is 27.8 Å². The average molecular weight is 1020 g/mol. The third-order valence-electron chi connectivity index (χ3n) is 11.5. The maximum absolute atomic E-state index is 13.9. The molecule has 0 spiro atoms. The summed E-state index contributed by atoms with van der Waals surface area (Å²) < 4.78 is 139. The van der Waals surface area contributed by atoms with Crippen LogP contribution in [0.1, 0.15) is 98.0 Å². The number of allylic oxidation sites excluding steroid dienone is 6. The first kappa shape index (κ1) is 57.8. The van der Waals surface area contributed by atoms with Crippen molar-refractivity contribution in [3.63, 3.8) is 0 Å². The van der Waals surface area contributed by atoms with E-state index in [1.165, 1.54) is 31.4 Å². The van der Waals surface area contributed by atoms with Gasteiger partial charge in [-0.2, -0.15) is 38.2 Å². The fourth-order valence-corrected chi connectivity index (χ4v) is 10.2. The van der Waals surface area contributed by atoms with Gasteiger partial charge in [0.1, 0.15) is 6.54 Å². The SMILES string of the molecule is COC(=O)CCCCCCNC(=O)C(=C\C=C\C1=[N+](CCCCS(=O)(=O)O)c2ccc(S(=O)(=O)O)cc2C1(C)C)/C=C/C=C1/N(CCCCS(=O)(=O)O)c2ccc(S(=O)(=O)O)cc2C1(C)C.[H-].[Na+]. The van der Waals surface area contributed by atoms with Crippen molar-refractivity contribution >= 4 is 69.4 Å². The van der Waals surface area contributed by atoms with Gasteiger partial charge in [0, 0.05) is 66.0 Å². The topological polar surface area (TPSA) is 279 Å². The molecule has 2 heterocycles. The van der Waals surface area contributed by atoms with E-state index in [9.17, 15) is 61.5 Å². The summed E-state index contributed by atoms with van der Waals surface area (Å²) in [4.78, 5) is 26.6. The van der Waals surface area contributed by atoms with Crippen molar-refractivity contribution in [3.8, 4) is 0 Å². The van der Waals surface area contributed by atoms with Crippen LogP contribution in [-0.2, 0) is 65.6 Å². The summed E-state index contributed by atoms with van der Waals surface area (Å²) >= 11 is 0. The molecule has 366 valence electrons. The number of hydrogen-bond acceptors (Lipinski definition) is 12. The van der Waals surface area contributed by atoms with Crippen LogP contribution in [0, 0.1) is 0 Å². The zero-order chi connectivity index (χ0) is 49.3. The van der Waals surface area contributed by atoms with E-state index < -0.39 is 68.7 Å². The second-order valence-electron chi connectivity index (χ2n) is 17.1. The first-order chi connectivity index (χ1) is 30.6. The molecule has 18 nitrogen and oxygen atoms in total. The number of anilines is 1. The van der Waals surface area contributed by atoms with Gasteiger partial charge in [0.15, 0.2) is 5.71 Å². The number of amides is 1. The second-order valence-corrected chi connectivity index (χ2v) is 23.1. The normalized spacial score (nSPS) is 16.7. The van der Waals surface area contributed by atoms with Crippen molar-refractivity contribution in [2.75, 3.05) is 43.1 Å². The number of unbranched alkanes of at least 4 members (excludes halogenated alkanes) is 5. The molecule has 23 heteroatoms. The molecule has 1 amide bonds. The van der Waals surface area contributed by atoms with E-state index in [1.54, 1.807) is 48.6 Å². The van der Waals surface area contributed by atoms with E-state index in [-0.39, 0.29) is 78.2 Å². The summed E-state index contributed by atoms with van der Waals surface area (Å²) in [6.07, 6.45) is 13.9. The van der Waals surface area contributed by atoms with Crippen LogP contribution in [0.5, 0.6) is 0 Å². The Morgan fingerprint density at radius 2 is 1.33 bits per heavy atom. The molecule has 2 aromatic carbocycles. The average Bonchev–Trinajstić information content (AvgIpc) is 3.55. The smallest absolute Gasteiger partial charge is 1.00 e. The molecular formula is C44H61N3NaO15S4+. The van der Waals surface area contributed by atoms with Gasteiger partial charge >= 0.3 is 35.5 Å². The Hall–Kier alpha value is -3.55. The molecule has 67 heavy (non-hydrogen) atoms. The number of carbonyl (C=O) groups excluding carboxylic acids is 2. The predicted molar refractivity (Wildman–Crippen MR) is 251 cm³/mol. The number of esters is 1. The number of hydrogen-bond donors (Lipinski definition) is 5. The molecule has 0 saturated heterocycles. The zero-order valence-corrected chi connectivity index (χ0v) is 43.9. The molecule has 0 atom stereocenters. The predicted octanol–water partition coefficient (Wildman–Crippen LogP) is 2.97. The van der Waals surface area contributed by atoms with Crippen molar-refractivity contribution in [2.45, 2.75) is 106 Å². The Morgan fingerprint density at radius 1 is 0.746 bits per heavy atom. The van der Waals surface area contributed by atoms with Crippen LogP contribution in [0.3, 0.4) is 0 Å². The molecule has 0 unspecified atom stereocenters. The molecule has 0 saturated carbocycles. The van der Waals surface area contributed by atoms with Gasteiger partial charge in [-0.25, -0.2) is 0 Å². The Labute approximate surface area is 418 Å². The molecule has 5 N–H and O–H groups in total. The third-order valence-corrected chi connectivity index (χ3v) is 14.8. The number of rotatable bonds is 24. The molecule has 0 fully saturated rings. The van der Waals surface area contributed by atoms with Crippen molar-refractivity contribution < 1.29 is 102 Å². The maximum Gasteiger partial charge on any atom is 1.00 e. The Bertz CT molecular complexity index is 2790. The van der Waals surface area contributed by atoms with Gasteiger partial charge in [0.2, 0.25) is 5.69 Å². The fourth-order valence-electron chi connectivity index (χ4n) is 8.07. The van der Waals surface area contributed by atoms with Crippen LogP contribution in [0.4, 0.5) is 11.4 Å². The van der Waals surface area contributed by atoms with Gasteiger partial charge in [0.25, 0.3) is 46.4 Å². The first-order valence-corrected chi connectivity index (χ1v) is 27.4. The molecule has 2 aromatic rings. The molecule has 2 aliphatic heterocycles. The van der Waals surface area contributed by atoms with Crippen molar-refractivity contribution in [1.82, 2.24) is 5.32 Å². The molecule has 4 rings (SSSR count). The monoisotopic (exact) mass is 1020 g/mol. The number of benzene rings is 2. The van der Waals surface area contributed by atoms with Crippen LogP contribution in [0.2, 0.25) is 0 Å². The molecule has 0 aliphatic carbocycles. The van der Waals surface area contributed by atoms with E-state index in [1.807, 2.05) is 37.2 Å². The molecule has 2 aliphatic rings. The summed E-state index contributed by atoms with van der Waals surface area (Å²) in [5.74, 6) is -1.65. The molecule has 0 radical (unpaired) electrons. The standard InChI is InChI=1S/C44H59N3O15S4.Na.H/c1-43(2)35-30-33(65(56,57)58)21-23-37(35)46(26-10-12-28-63(50,51)52)39(43)18-14-16-32(42(49)45-25-9-7-6-8-20-41(48)62-5)17-15-19-40-44(3,4)36-31-34(66(59,60)61)22-24-38(36)47(40)27-11-13-29-64(53,54)55;;/h14-19,21-24,30-31H,6-13,20,25-29H2,1-5H3,(H4-,45,49,50,51,52,53,54,55,56,57,58,59,60,61);;/q;+1;-1/p+1. The molecule has 0 bridgehead atoms. The van der Waals surface area contributed by atoms with Gasteiger partial charge < -0.3 is 16.4 Å². The van der Waals surface area contributed by atoms with Crippen LogP contribution >= 0.6 is 0 Å². The summed E-state index contributed by atoms with van der Waals surface area (Å²) in [5, 5.41) is 2.93. The fraction of sp³-hybridized carbons (Fsp3) is 0.477. The van der Waals surface area contributed by atoms with E-state index in [0.717, 1.165) is 12.8 Å². The third kappa shape index (κ3) is 16.3. The quantitative estimate of drug-likeness (QED) is 0.0192. The van der Waals surface area contributed by atoms with E-state index >= 15 is 0 Å². The minimum Gasteiger partial charge on any atom is -1.00 e. The van der Waals surface area contributed by atoms with Crippen LogP contribution in [-0.4, -0.2) is 112 Å². The van der Waals surface area contributed by atoms with Crippen molar-refractivity contribution in [3.05, 3.63) is 95.3 Å². The van der Waals surface area contributed by atoms with Gasteiger partial charge in [-0.1, -0.05) is 38.8 Å². The van der Waals surface area contributed by atoms with Crippen LogP contribution < -0.4 is 39.8 Å². The molecular weight excluding hydrogens is 962 g/mol. The van der Waals surface area contributed by atoms with E-state index in [4.69, 9.17) is 0 Å². The number of nitrogens with one attached hydrogen (secondary N) is 1. The van der Waals surface area contributed by atoms with E-state index in [0.29, 0.717) is 72.6 Å². The number of nitrogens with zero attached hydrogens (tertiary/aromatic N) is 2. The van der Waals surface area contributed by atoms with Crippen molar-refractivity contribution in [2.24, 2.45) is 0 Å². The van der Waals surface area contributed by atoms with Crippen LogP contribution in [0.15, 0.2) is 93.9 Å². The van der Waals surface area contributed by atoms with E-state index in [2.05, 4.69) is 10.1 Å². The maximum atomic E-state index is 13.9. The number of methoxy groups -OCH3 is 1. The number of fused-ring (bicyclic) bond motifs is 2. The second kappa shape index (κ2) is 23.8. The molecule has 0 aromatic heterocycles. The zero-order valence-electron chi connectivity index (χ0n) is 39.6. The largest absolute Gasteiger partial charge is 1.00 e. The minimum absolute atomic E-state index is 0. The Balaban J connectivity index is 0.00000793. The summed E-state index contributed by atoms with van der Waals surface area (Å²) in [7, 11) is -16.2. The first-order valence-electron chi connectivity index (χ1n) is 21.3. The Kier molecular flexibility index (Phi) is 20.6. The van der Waals surface area contributed by atoms with Gasteiger partial charge in [-0.15, -0.1) is 0 Å². The summed E-state index contributed by atoms with van der Waals surface area (Å²) in [5.41, 5.74) is 2.17. The van der Waals surface area contributed by atoms with Crippen molar-refractivity contribution in [1.29, 1.82) is 0 Å². The number of ether oxygens (including phenoxy) is 1. The van der Waals surface area contributed by atoms with Crippen LogP contribution in [0.25, 0.3) is 0 Å². The minimum atomic E-state index is -4.56. The van der Waals surface area contributed by atoms with Gasteiger partial charge in [-0.05, 0) is 100 Å². The summed E-state index contributed by atoms with van der Waals surface area (Å²) in [6, 6.07) is 8.38. The summed E-state index contributed by atoms with van der Waals surface area (Å²) in [6.45, 7) is 8.26. The Morgan fingerprint density at radius 3 is 1.93 bits per heavy atom. The van der Waals surface area contributed by atoms with Gasteiger partial charge in [0.05, 0.1) is 33.8 Å².